The first-order valence-electron chi connectivity index (χ1n) is 3.52. The summed E-state index contributed by atoms with van der Waals surface area (Å²) < 4.78 is 0. The SMILES string of the molecule is Cc1ncc(C=CC#N)cc1N. The Labute approximate surface area is 71.2 Å². The monoisotopic (exact) mass is 159 g/mol. The van der Waals surface area contributed by atoms with Gasteiger partial charge in [-0.15, -0.1) is 0 Å². The minimum atomic E-state index is 0.648. The van der Waals surface area contributed by atoms with Crippen LogP contribution in [0.2, 0.25) is 0 Å². The number of allylic oxidation sites excluding steroid dienone is 1. The van der Waals surface area contributed by atoms with Crippen molar-refractivity contribution in [2.24, 2.45) is 0 Å². The smallest absolute Gasteiger partial charge is 0.0912 e. The van der Waals surface area contributed by atoms with E-state index in [1.165, 1.54) is 6.08 Å². The maximum absolute atomic E-state index is 8.26. The van der Waals surface area contributed by atoms with Gasteiger partial charge in [-0.3, -0.25) is 4.98 Å². The molecule has 0 radical (unpaired) electrons. The van der Waals surface area contributed by atoms with Gasteiger partial charge in [0, 0.05) is 12.3 Å². The van der Waals surface area contributed by atoms with Gasteiger partial charge in [0.1, 0.15) is 0 Å². The topological polar surface area (TPSA) is 62.7 Å². The number of rotatable bonds is 1. The molecule has 0 spiro atoms. The first-order valence-corrected chi connectivity index (χ1v) is 3.52. The maximum Gasteiger partial charge on any atom is 0.0912 e. The van der Waals surface area contributed by atoms with E-state index in [0.717, 1.165) is 11.3 Å². The number of aryl methyl sites for hydroxylation is 1. The number of nitrogens with two attached hydrogens (primary N) is 1. The Morgan fingerprint density at radius 3 is 3.00 bits per heavy atom. The molecule has 0 unspecified atom stereocenters. The molecule has 12 heavy (non-hydrogen) atoms. The molecule has 3 heteroatoms. The number of nitrogens with zero attached hydrogens (tertiary/aromatic N) is 2. The average molecular weight is 159 g/mol. The van der Waals surface area contributed by atoms with Crippen molar-refractivity contribution in [2.45, 2.75) is 6.92 Å². The second kappa shape index (κ2) is 3.54. The summed E-state index contributed by atoms with van der Waals surface area (Å²) >= 11 is 0. The number of nitriles is 1. The third-order valence-electron chi connectivity index (χ3n) is 1.50. The first-order chi connectivity index (χ1) is 5.74. The molecule has 3 nitrogen and oxygen atoms in total. The van der Waals surface area contributed by atoms with E-state index in [9.17, 15) is 0 Å². The largest absolute Gasteiger partial charge is 0.397 e. The summed E-state index contributed by atoms with van der Waals surface area (Å²) in [5.41, 5.74) is 7.92. The molecule has 1 rings (SSSR count). The predicted octanol–water partition coefficient (Wildman–Crippen LogP) is 1.51. The molecule has 0 saturated carbocycles. The molecule has 0 bridgehead atoms. The Morgan fingerprint density at radius 1 is 1.67 bits per heavy atom. The van der Waals surface area contributed by atoms with Gasteiger partial charge >= 0.3 is 0 Å². The van der Waals surface area contributed by atoms with Gasteiger partial charge in [0.15, 0.2) is 0 Å². The zero-order valence-corrected chi connectivity index (χ0v) is 6.78. The Balaban J connectivity index is 2.99. The van der Waals surface area contributed by atoms with Crippen molar-refractivity contribution >= 4 is 11.8 Å². The molecule has 0 aliphatic heterocycles. The fourth-order valence-corrected chi connectivity index (χ4v) is 0.792. The summed E-state index contributed by atoms with van der Waals surface area (Å²) in [6.45, 7) is 1.84. The van der Waals surface area contributed by atoms with Crippen LogP contribution in [0.5, 0.6) is 0 Å². The van der Waals surface area contributed by atoms with E-state index in [1.807, 2.05) is 13.0 Å². The van der Waals surface area contributed by atoms with E-state index < -0.39 is 0 Å². The van der Waals surface area contributed by atoms with E-state index in [4.69, 9.17) is 11.0 Å². The van der Waals surface area contributed by atoms with Gasteiger partial charge in [-0.25, -0.2) is 0 Å². The van der Waals surface area contributed by atoms with Crippen molar-refractivity contribution in [3.05, 3.63) is 29.6 Å². The number of hydrogen-bond donors (Lipinski definition) is 1. The number of aromatic nitrogens is 1. The van der Waals surface area contributed by atoms with Gasteiger partial charge in [-0.2, -0.15) is 5.26 Å². The lowest BCUT2D eigenvalue weighted by atomic mass is 10.2. The third kappa shape index (κ3) is 1.83. The summed E-state index contributed by atoms with van der Waals surface area (Å²) in [7, 11) is 0. The second-order valence-corrected chi connectivity index (χ2v) is 2.41. The summed E-state index contributed by atoms with van der Waals surface area (Å²) in [5, 5.41) is 8.26. The fraction of sp³-hybridized carbons (Fsp3) is 0.111. The van der Waals surface area contributed by atoms with Gasteiger partial charge in [-0.1, -0.05) is 0 Å². The van der Waals surface area contributed by atoms with Crippen LogP contribution in [0.15, 0.2) is 18.3 Å². The summed E-state index contributed by atoms with van der Waals surface area (Å²) in [5.74, 6) is 0. The molecule has 60 valence electrons. The van der Waals surface area contributed by atoms with Gasteiger partial charge in [-0.05, 0) is 24.6 Å². The molecule has 1 heterocycles. The Bertz CT molecular complexity index is 347. The lowest BCUT2D eigenvalue weighted by Crippen LogP contribution is -1.92. The van der Waals surface area contributed by atoms with Crippen molar-refractivity contribution in [1.82, 2.24) is 4.98 Å². The highest BCUT2D eigenvalue weighted by Crippen LogP contribution is 2.10. The molecule has 0 aliphatic rings. The maximum atomic E-state index is 8.26. The van der Waals surface area contributed by atoms with Gasteiger partial charge in [0.05, 0.1) is 17.5 Å². The summed E-state index contributed by atoms with van der Waals surface area (Å²) in [4.78, 5) is 4.05. The van der Waals surface area contributed by atoms with Crippen molar-refractivity contribution in [1.29, 1.82) is 5.26 Å². The molecular formula is C9H9N3. The zero-order chi connectivity index (χ0) is 8.97. The van der Waals surface area contributed by atoms with Crippen LogP contribution in [0.4, 0.5) is 5.69 Å². The van der Waals surface area contributed by atoms with Crippen molar-refractivity contribution < 1.29 is 0 Å². The highest BCUT2D eigenvalue weighted by atomic mass is 14.7. The zero-order valence-electron chi connectivity index (χ0n) is 6.78. The van der Waals surface area contributed by atoms with Crippen LogP contribution in [0, 0.1) is 18.3 Å². The Kier molecular flexibility index (Phi) is 2.44. The number of hydrogen-bond acceptors (Lipinski definition) is 3. The van der Waals surface area contributed by atoms with Gasteiger partial charge < -0.3 is 5.73 Å². The molecule has 1 aromatic heterocycles. The van der Waals surface area contributed by atoms with Gasteiger partial charge in [0.25, 0.3) is 0 Å². The van der Waals surface area contributed by atoms with Crippen molar-refractivity contribution in [3.8, 4) is 6.07 Å². The van der Waals surface area contributed by atoms with Crippen LogP contribution in [-0.2, 0) is 0 Å². The lowest BCUT2D eigenvalue weighted by molar-refractivity contribution is 1.20. The van der Waals surface area contributed by atoms with E-state index in [0.29, 0.717) is 5.69 Å². The summed E-state index contributed by atoms with van der Waals surface area (Å²) in [6.07, 6.45) is 4.74. The molecule has 0 aliphatic carbocycles. The fourth-order valence-electron chi connectivity index (χ4n) is 0.792. The minimum absolute atomic E-state index is 0.648. The molecule has 1 aromatic rings. The highest BCUT2D eigenvalue weighted by Gasteiger charge is 1.93. The first kappa shape index (κ1) is 8.28. The predicted molar refractivity (Wildman–Crippen MR) is 48.0 cm³/mol. The normalized spacial score (nSPS) is 10.0. The second-order valence-electron chi connectivity index (χ2n) is 2.41. The average Bonchev–Trinajstić information content (AvgIpc) is 2.07. The van der Waals surface area contributed by atoms with Crippen molar-refractivity contribution in [3.63, 3.8) is 0 Å². The molecule has 0 aromatic carbocycles. The van der Waals surface area contributed by atoms with E-state index in [-0.39, 0.29) is 0 Å². The number of nitrogen functional groups attached to an aromatic ring is 1. The molecule has 0 amide bonds. The lowest BCUT2D eigenvalue weighted by Gasteiger charge is -1.98. The van der Waals surface area contributed by atoms with Gasteiger partial charge in [0.2, 0.25) is 0 Å². The molecule has 2 N–H and O–H groups in total. The number of pyridine rings is 1. The van der Waals surface area contributed by atoms with E-state index in [1.54, 1.807) is 18.3 Å². The van der Waals surface area contributed by atoms with Crippen LogP contribution in [-0.4, -0.2) is 4.98 Å². The molecule has 0 fully saturated rings. The third-order valence-corrected chi connectivity index (χ3v) is 1.50. The molecular weight excluding hydrogens is 150 g/mol. The Morgan fingerprint density at radius 2 is 2.42 bits per heavy atom. The van der Waals surface area contributed by atoms with Crippen LogP contribution < -0.4 is 5.73 Å². The quantitative estimate of drug-likeness (QED) is 0.632. The Hall–Kier alpha value is -1.82. The van der Waals surface area contributed by atoms with E-state index >= 15 is 0 Å². The number of anilines is 1. The van der Waals surface area contributed by atoms with Crippen LogP contribution in [0.25, 0.3) is 6.08 Å². The standard InChI is InChI=1S/C9H9N3/c1-7-9(11)5-8(6-12-7)3-2-4-10/h2-3,5-6H,11H2,1H3. The van der Waals surface area contributed by atoms with Crippen LogP contribution in [0.1, 0.15) is 11.3 Å². The molecule has 0 saturated heterocycles. The van der Waals surface area contributed by atoms with Crippen LogP contribution in [0.3, 0.4) is 0 Å². The molecule has 0 atom stereocenters. The van der Waals surface area contributed by atoms with Crippen LogP contribution >= 0.6 is 0 Å². The van der Waals surface area contributed by atoms with Crippen molar-refractivity contribution in [2.75, 3.05) is 5.73 Å². The summed E-state index contributed by atoms with van der Waals surface area (Å²) in [6, 6.07) is 3.69. The minimum Gasteiger partial charge on any atom is -0.397 e. The highest BCUT2D eigenvalue weighted by molar-refractivity contribution is 5.57. The van der Waals surface area contributed by atoms with E-state index in [2.05, 4.69) is 4.98 Å².